The first-order chi connectivity index (χ1) is 32.2. The van der Waals surface area contributed by atoms with Crippen LogP contribution in [0.4, 0.5) is 17.1 Å². The molecule has 3 nitrogen and oxygen atoms in total. The Hall–Kier alpha value is -8.66. The summed E-state index contributed by atoms with van der Waals surface area (Å²) in [6, 6.07) is 87.7. The molecule has 0 saturated heterocycles. The van der Waals surface area contributed by atoms with Gasteiger partial charge < -0.3 is 13.9 Å². The predicted molar refractivity (Wildman–Crippen MR) is 274 cm³/mol. The van der Waals surface area contributed by atoms with E-state index in [0.29, 0.717) is 0 Å². The molecule has 0 bridgehead atoms. The maximum absolute atomic E-state index is 6.98. The van der Waals surface area contributed by atoms with Gasteiger partial charge in [-0.1, -0.05) is 182 Å². The molecule has 0 atom stereocenters. The summed E-state index contributed by atoms with van der Waals surface area (Å²) in [5.41, 5.74) is 15.2. The predicted octanol–water partition coefficient (Wildman–Crippen LogP) is 17.5. The summed E-state index contributed by atoms with van der Waals surface area (Å²) in [5, 5.41) is 9.44. The van der Waals surface area contributed by atoms with E-state index in [1.807, 2.05) is 0 Å². The fourth-order valence-corrected chi connectivity index (χ4v) is 10.1. The van der Waals surface area contributed by atoms with Gasteiger partial charge in [-0.2, -0.15) is 0 Å². The normalized spacial score (nSPS) is 11.7. The maximum atomic E-state index is 6.98. The highest BCUT2D eigenvalue weighted by molar-refractivity contribution is 6.18. The number of furan rings is 1. The Kier molecular flexibility index (Phi) is 8.53. The minimum Gasteiger partial charge on any atom is -0.455 e. The van der Waals surface area contributed by atoms with Crippen molar-refractivity contribution in [1.82, 2.24) is 4.57 Å². The highest BCUT2D eigenvalue weighted by Gasteiger charge is 2.24. The SMILES string of the molecule is c1cc(-c2ccc(N(c3ccccc3-c3cccc4c3oc3c5ccccc5ccc43)c3ccccc3-n3c4ccccc4c4ccccc43)cc2)cc(-c2ccc3ccccc3c2)c1. The van der Waals surface area contributed by atoms with Crippen LogP contribution >= 0.6 is 0 Å². The van der Waals surface area contributed by atoms with Crippen LogP contribution in [0.2, 0.25) is 0 Å². The quantitative estimate of drug-likeness (QED) is 0.160. The first-order valence-corrected chi connectivity index (χ1v) is 22.2. The highest BCUT2D eigenvalue weighted by atomic mass is 16.3. The fourth-order valence-electron chi connectivity index (χ4n) is 10.1. The summed E-state index contributed by atoms with van der Waals surface area (Å²) in [5.74, 6) is 0. The minimum absolute atomic E-state index is 0.878. The number of anilines is 3. The van der Waals surface area contributed by atoms with Crippen molar-refractivity contribution in [1.29, 1.82) is 0 Å². The lowest BCUT2D eigenvalue weighted by Gasteiger charge is -2.30. The lowest BCUT2D eigenvalue weighted by atomic mass is 9.96. The zero-order chi connectivity index (χ0) is 42.8. The molecular weight excluding hydrogens is 789 g/mol. The monoisotopic (exact) mass is 828 g/mol. The molecule has 2 aromatic heterocycles. The van der Waals surface area contributed by atoms with Crippen LogP contribution < -0.4 is 4.90 Å². The standard InChI is InChI=1S/C62H40N2O/c1-2-17-44-40-47(32-31-41(44)15-1)46-19-13-18-45(39-46)42-33-36-48(37-34-42)63(59-29-11-12-30-60(59)64-57-27-9-5-21-50(57)51-22-6-10-28-58(51)64)56-26-8-7-23-52(56)53-24-14-25-54-55-38-35-43-16-3-4-20-49(43)61(55)65-62(53)54/h1-40H. The Bertz CT molecular complexity index is 3910. The van der Waals surface area contributed by atoms with Crippen molar-refractivity contribution in [2.75, 3.05) is 4.90 Å². The molecular formula is C62H40N2O. The van der Waals surface area contributed by atoms with Crippen molar-refractivity contribution in [3.05, 3.63) is 243 Å². The molecule has 0 unspecified atom stereocenters. The van der Waals surface area contributed by atoms with E-state index < -0.39 is 0 Å². The number of benzene rings is 11. The molecule has 0 aliphatic heterocycles. The zero-order valence-corrected chi connectivity index (χ0v) is 35.4. The van der Waals surface area contributed by atoms with E-state index in [2.05, 4.69) is 252 Å². The molecule has 0 radical (unpaired) electrons. The molecule has 304 valence electrons. The lowest BCUT2D eigenvalue weighted by molar-refractivity contribution is 0.674. The van der Waals surface area contributed by atoms with Crippen LogP contribution in [0.3, 0.4) is 0 Å². The van der Waals surface area contributed by atoms with Gasteiger partial charge in [0.25, 0.3) is 0 Å². The van der Waals surface area contributed by atoms with Crippen LogP contribution in [-0.2, 0) is 0 Å². The molecule has 0 saturated carbocycles. The summed E-state index contributed by atoms with van der Waals surface area (Å²) in [7, 11) is 0. The fraction of sp³-hybridized carbons (Fsp3) is 0. The number of fused-ring (bicyclic) bond motifs is 9. The summed E-state index contributed by atoms with van der Waals surface area (Å²) in [4.78, 5) is 2.43. The van der Waals surface area contributed by atoms with Gasteiger partial charge in [-0.05, 0) is 99.1 Å². The third-order valence-corrected chi connectivity index (χ3v) is 13.2. The molecule has 2 heterocycles. The molecule has 0 amide bonds. The van der Waals surface area contributed by atoms with Gasteiger partial charge in [-0.25, -0.2) is 0 Å². The Morgan fingerprint density at radius 3 is 1.65 bits per heavy atom. The molecule has 0 N–H and O–H groups in total. The van der Waals surface area contributed by atoms with Gasteiger partial charge in [0.2, 0.25) is 0 Å². The number of nitrogens with zero attached hydrogens (tertiary/aromatic N) is 2. The second kappa shape index (κ2) is 15.0. The van der Waals surface area contributed by atoms with E-state index in [4.69, 9.17) is 4.42 Å². The van der Waals surface area contributed by atoms with Gasteiger partial charge in [-0.15, -0.1) is 0 Å². The van der Waals surface area contributed by atoms with Gasteiger partial charge in [-0.3, -0.25) is 0 Å². The van der Waals surface area contributed by atoms with Gasteiger partial charge in [0.1, 0.15) is 11.2 Å². The van der Waals surface area contributed by atoms with E-state index in [9.17, 15) is 0 Å². The Morgan fingerprint density at radius 2 is 0.846 bits per heavy atom. The average molecular weight is 829 g/mol. The van der Waals surface area contributed by atoms with Crippen molar-refractivity contribution in [3.8, 4) is 39.1 Å². The first kappa shape index (κ1) is 36.9. The van der Waals surface area contributed by atoms with E-state index in [1.165, 1.54) is 38.2 Å². The molecule has 13 aromatic rings. The summed E-state index contributed by atoms with van der Waals surface area (Å²) in [6.07, 6.45) is 0. The summed E-state index contributed by atoms with van der Waals surface area (Å²) in [6.45, 7) is 0. The van der Waals surface area contributed by atoms with Gasteiger partial charge in [0.05, 0.1) is 28.1 Å². The number of para-hydroxylation sites is 6. The molecule has 65 heavy (non-hydrogen) atoms. The second-order valence-electron chi connectivity index (χ2n) is 16.8. The van der Waals surface area contributed by atoms with Crippen molar-refractivity contribution in [2.45, 2.75) is 0 Å². The van der Waals surface area contributed by atoms with Gasteiger partial charge in [0, 0.05) is 43.7 Å². The van der Waals surface area contributed by atoms with E-state index >= 15 is 0 Å². The molecule has 0 spiro atoms. The molecule has 13 rings (SSSR count). The zero-order valence-electron chi connectivity index (χ0n) is 35.4. The number of hydrogen-bond acceptors (Lipinski definition) is 2. The third kappa shape index (κ3) is 6.05. The Morgan fingerprint density at radius 1 is 0.308 bits per heavy atom. The molecule has 0 aliphatic rings. The molecule has 11 aromatic carbocycles. The molecule has 3 heteroatoms. The molecule has 0 aliphatic carbocycles. The van der Waals surface area contributed by atoms with Crippen LogP contribution in [0, 0.1) is 0 Å². The third-order valence-electron chi connectivity index (χ3n) is 13.2. The first-order valence-electron chi connectivity index (χ1n) is 22.2. The Balaban J connectivity index is 1.01. The van der Waals surface area contributed by atoms with Crippen LogP contribution in [0.5, 0.6) is 0 Å². The maximum Gasteiger partial charge on any atom is 0.143 e. The van der Waals surface area contributed by atoms with Crippen molar-refractivity contribution < 1.29 is 4.42 Å². The topological polar surface area (TPSA) is 21.3 Å². The van der Waals surface area contributed by atoms with E-state index in [0.717, 1.165) is 83.2 Å². The Labute approximate surface area is 376 Å². The van der Waals surface area contributed by atoms with Crippen LogP contribution in [0.25, 0.3) is 104 Å². The lowest BCUT2D eigenvalue weighted by Crippen LogP contribution is -2.14. The number of rotatable bonds is 7. The highest BCUT2D eigenvalue weighted by Crippen LogP contribution is 2.47. The number of aromatic nitrogens is 1. The van der Waals surface area contributed by atoms with Crippen LogP contribution in [0.15, 0.2) is 247 Å². The van der Waals surface area contributed by atoms with E-state index in [-0.39, 0.29) is 0 Å². The van der Waals surface area contributed by atoms with Crippen LogP contribution in [-0.4, -0.2) is 4.57 Å². The molecule has 0 fully saturated rings. The summed E-state index contributed by atoms with van der Waals surface area (Å²) < 4.78 is 9.41. The van der Waals surface area contributed by atoms with E-state index in [1.54, 1.807) is 0 Å². The largest absolute Gasteiger partial charge is 0.455 e. The van der Waals surface area contributed by atoms with Gasteiger partial charge >= 0.3 is 0 Å². The van der Waals surface area contributed by atoms with Crippen molar-refractivity contribution in [3.63, 3.8) is 0 Å². The van der Waals surface area contributed by atoms with Crippen molar-refractivity contribution >= 4 is 82.4 Å². The minimum atomic E-state index is 0.878. The number of hydrogen-bond donors (Lipinski definition) is 0. The van der Waals surface area contributed by atoms with Crippen molar-refractivity contribution in [2.24, 2.45) is 0 Å². The van der Waals surface area contributed by atoms with Gasteiger partial charge in [0.15, 0.2) is 0 Å². The summed E-state index contributed by atoms with van der Waals surface area (Å²) >= 11 is 0. The van der Waals surface area contributed by atoms with Crippen LogP contribution in [0.1, 0.15) is 0 Å². The second-order valence-corrected chi connectivity index (χ2v) is 16.8. The smallest absolute Gasteiger partial charge is 0.143 e. The average Bonchev–Trinajstić information content (AvgIpc) is 3.93.